The largest absolute Gasteiger partial charge is 1.00 e. The third-order valence-electron chi connectivity index (χ3n) is 11.5. The molecule has 28 heavy (non-hydrogen) atoms. The van der Waals surface area contributed by atoms with Crippen LogP contribution in [0.15, 0.2) is 12.2 Å². The molecule has 0 heterocycles. The van der Waals surface area contributed by atoms with Crippen molar-refractivity contribution in [2.45, 2.75) is 92.1 Å². The normalized spacial score (nSPS) is 45.7. The van der Waals surface area contributed by atoms with E-state index in [1.807, 2.05) is 0 Å². The Kier molecular flexibility index (Phi) is 6.93. The minimum Gasteiger partial charge on any atom is -0.592 e. The molecule has 6 fully saturated rings. The van der Waals surface area contributed by atoms with Gasteiger partial charge in [-0.05, 0) is 61.4 Å². The van der Waals surface area contributed by atoms with E-state index < -0.39 is 6.35 Å². The van der Waals surface area contributed by atoms with Gasteiger partial charge in [0.25, 0.3) is 0 Å². The molecule has 0 radical (unpaired) electrons. The van der Waals surface area contributed by atoms with Crippen LogP contribution >= 0.6 is 0 Å². The maximum atomic E-state index is 6.75. The summed E-state index contributed by atoms with van der Waals surface area (Å²) >= 11 is 0. The fourth-order valence-corrected chi connectivity index (χ4v) is 9.33. The third-order valence-corrected chi connectivity index (χ3v) is 11.5. The molecule has 6 aliphatic carbocycles. The summed E-state index contributed by atoms with van der Waals surface area (Å²) in [5.41, 5.74) is 1.13. The van der Waals surface area contributed by atoms with Gasteiger partial charge in [-0.25, -0.2) is 0 Å². The first-order valence-corrected chi connectivity index (χ1v) is 11.9. The molecule has 3 heteroatoms. The first kappa shape index (κ1) is 24.1. The number of hydrogen-bond acceptors (Lipinski definition) is 1. The Hall–Kier alpha value is 1.40. The zero-order chi connectivity index (χ0) is 19.8. The van der Waals surface area contributed by atoms with E-state index >= 15 is 0 Å². The van der Waals surface area contributed by atoms with Crippen LogP contribution in [0, 0.1) is 46.3 Å². The molecule has 0 aromatic heterocycles. The van der Waals surface area contributed by atoms with Gasteiger partial charge in [0, 0.05) is 0 Å². The number of fused-ring (bicyclic) bond motifs is 4. The summed E-state index contributed by atoms with van der Waals surface area (Å²) in [5, 5.41) is 0. The Morgan fingerprint density at radius 2 is 1.29 bits per heavy atom. The van der Waals surface area contributed by atoms with Gasteiger partial charge in [-0.3, -0.25) is 0 Å². The van der Waals surface area contributed by atoms with Gasteiger partial charge in [0.15, 0.2) is 0 Å². The third kappa shape index (κ3) is 3.19. The Bertz CT molecular complexity index is 570. The predicted molar refractivity (Wildman–Crippen MR) is 118 cm³/mol. The zero-order valence-electron chi connectivity index (χ0n) is 20.3. The zero-order valence-corrected chi connectivity index (χ0v) is 23.4. The molecule has 8 atom stereocenters. The van der Waals surface area contributed by atoms with Crippen LogP contribution in [0.1, 0.15) is 74.1 Å². The number of hydrogen-bond donors (Lipinski definition) is 0. The number of allylic oxidation sites excluding steroid dienone is 2. The van der Waals surface area contributed by atoms with E-state index in [9.17, 15) is 0 Å². The van der Waals surface area contributed by atoms with Gasteiger partial charge < -0.3 is 4.65 Å². The second kappa shape index (κ2) is 8.07. The maximum absolute atomic E-state index is 6.75. The van der Waals surface area contributed by atoms with E-state index in [-0.39, 0.29) is 51.4 Å². The van der Waals surface area contributed by atoms with Crippen LogP contribution in [0.2, 0.25) is 18.0 Å². The molecule has 154 valence electrons. The number of rotatable bonds is 5. The van der Waals surface area contributed by atoms with Gasteiger partial charge in [-0.15, -0.1) is 24.0 Å². The van der Waals surface area contributed by atoms with Crippen molar-refractivity contribution in [2.75, 3.05) is 7.11 Å². The van der Waals surface area contributed by atoms with Gasteiger partial charge in [0.05, 0.1) is 0 Å². The van der Waals surface area contributed by atoms with Crippen molar-refractivity contribution >= 4 is 6.35 Å². The molecule has 0 aromatic rings. The molecule has 6 rings (SSSR count). The van der Waals surface area contributed by atoms with Gasteiger partial charge in [0.2, 0.25) is 0 Å². The molecule has 0 spiro atoms. The van der Waals surface area contributed by atoms with Crippen molar-refractivity contribution in [1.29, 1.82) is 0 Å². The maximum Gasteiger partial charge on any atom is 1.00 e. The molecule has 6 aliphatic rings. The summed E-state index contributed by atoms with van der Waals surface area (Å²) in [5.74, 6) is 6.88. The van der Waals surface area contributed by atoms with Gasteiger partial charge in [-0.2, -0.15) is 0 Å². The van der Waals surface area contributed by atoms with Crippen LogP contribution in [0.4, 0.5) is 0 Å². The van der Waals surface area contributed by atoms with Gasteiger partial charge >= 0.3 is 51.4 Å². The van der Waals surface area contributed by atoms with E-state index in [4.69, 9.17) is 4.65 Å². The summed E-state index contributed by atoms with van der Waals surface area (Å²) in [4.78, 5) is 0. The monoisotopic (exact) mass is 410 g/mol. The van der Waals surface area contributed by atoms with E-state index in [2.05, 4.69) is 67.7 Å². The van der Waals surface area contributed by atoms with Crippen molar-refractivity contribution in [3.8, 4) is 0 Å². The Morgan fingerprint density at radius 1 is 0.857 bits per heavy atom. The molecule has 0 saturated heterocycles. The van der Waals surface area contributed by atoms with Crippen LogP contribution in [0.5, 0.6) is 0 Å². The van der Waals surface area contributed by atoms with Crippen LogP contribution in [0.3, 0.4) is 0 Å². The fourth-order valence-electron chi connectivity index (χ4n) is 9.33. The van der Waals surface area contributed by atoms with E-state index in [0.29, 0.717) is 10.8 Å². The minimum atomic E-state index is -0.806. The summed E-state index contributed by atoms with van der Waals surface area (Å²) < 4.78 is 6.75. The standard InChI is InChI=1S/C25H44BO.K/c1-9-10-11-26(27-8,22-14-18-12-20(16(22)2)24(18,4)5)23-15-19-13-21(17(23)3)25(19,6)7;/h9-10,16-23H,11-15H2,1-8H3;/q-1;+1/b10-9-;/t16-,17-,18+,19+,20-,21-,22-,23-;/m1./s1. The molecule has 4 bridgehead atoms. The van der Waals surface area contributed by atoms with E-state index in [1.54, 1.807) is 0 Å². The van der Waals surface area contributed by atoms with Crippen molar-refractivity contribution in [3.63, 3.8) is 0 Å². The summed E-state index contributed by atoms with van der Waals surface area (Å²) in [6.45, 7) is 17.5. The molecule has 6 saturated carbocycles. The SMILES string of the molecule is C/C=C\C[B-](OC)([C@@H]1C[C@@H]2C[C@H]([C@H]1C)C2(C)C)[C@@H]1C[C@@H]2C[C@H]([C@H]1C)C2(C)C.[K+]. The smallest absolute Gasteiger partial charge is 0.592 e. The summed E-state index contributed by atoms with van der Waals surface area (Å²) in [7, 11) is 2.07. The molecule has 0 unspecified atom stereocenters. The van der Waals surface area contributed by atoms with Crippen molar-refractivity contribution in [3.05, 3.63) is 12.2 Å². The fraction of sp³-hybridized carbons (Fsp3) is 0.920. The van der Waals surface area contributed by atoms with E-state index in [0.717, 1.165) is 47.1 Å². The second-order valence-corrected chi connectivity index (χ2v) is 12.4. The average Bonchev–Trinajstić information content (AvgIpc) is 2.63. The Labute approximate surface area is 218 Å². The minimum absolute atomic E-state index is 0. The molecule has 0 aromatic carbocycles. The van der Waals surface area contributed by atoms with E-state index in [1.165, 1.54) is 32.0 Å². The van der Waals surface area contributed by atoms with Crippen LogP contribution in [0.25, 0.3) is 0 Å². The van der Waals surface area contributed by atoms with Crippen molar-refractivity contribution in [1.82, 2.24) is 0 Å². The quantitative estimate of drug-likeness (QED) is 0.485. The topological polar surface area (TPSA) is 9.23 Å². The first-order chi connectivity index (χ1) is 12.6. The van der Waals surface area contributed by atoms with Crippen molar-refractivity contribution < 1.29 is 56.0 Å². The summed E-state index contributed by atoms with van der Waals surface area (Å²) in [6, 6.07) is 0. The Balaban J connectivity index is 0.00000225. The average molecular weight is 411 g/mol. The van der Waals surface area contributed by atoms with Crippen LogP contribution < -0.4 is 51.4 Å². The predicted octanol–water partition coefficient (Wildman–Crippen LogP) is 4.30. The van der Waals surface area contributed by atoms with Gasteiger partial charge in [-0.1, -0.05) is 72.3 Å². The van der Waals surface area contributed by atoms with Crippen LogP contribution in [-0.4, -0.2) is 13.5 Å². The molecule has 0 N–H and O–H groups in total. The molecular weight excluding hydrogens is 366 g/mol. The Morgan fingerprint density at radius 3 is 1.57 bits per heavy atom. The molecular formula is C25H44BKO. The summed E-state index contributed by atoms with van der Waals surface area (Å²) in [6.07, 6.45) is 10.9. The van der Waals surface area contributed by atoms with Gasteiger partial charge in [0.1, 0.15) is 6.35 Å². The molecule has 0 aliphatic heterocycles. The first-order valence-electron chi connectivity index (χ1n) is 11.9. The van der Waals surface area contributed by atoms with Crippen molar-refractivity contribution in [2.24, 2.45) is 46.3 Å². The second-order valence-electron chi connectivity index (χ2n) is 12.4. The molecule has 1 nitrogen and oxygen atoms in total. The molecule has 0 amide bonds. The van der Waals surface area contributed by atoms with Crippen LogP contribution in [-0.2, 0) is 4.65 Å².